The molecule has 4 heteroatoms. The SMILES string of the molecule is CCOc1ccc(NC(=S)NC(C)C(C)(C)C)cc1. The number of benzene rings is 1. The van der Waals surface area contributed by atoms with Gasteiger partial charge in [-0.25, -0.2) is 0 Å². The number of anilines is 1. The quantitative estimate of drug-likeness (QED) is 0.822. The maximum atomic E-state index is 5.40. The van der Waals surface area contributed by atoms with Gasteiger partial charge in [0.2, 0.25) is 0 Å². The van der Waals surface area contributed by atoms with E-state index in [1.165, 1.54) is 0 Å². The molecule has 0 bridgehead atoms. The lowest BCUT2D eigenvalue weighted by molar-refractivity contribution is 0.317. The molecule has 1 aromatic rings. The molecule has 0 aliphatic rings. The first kappa shape index (κ1) is 15.8. The molecule has 0 heterocycles. The van der Waals surface area contributed by atoms with Gasteiger partial charge < -0.3 is 15.4 Å². The van der Waals surface area contributed by atoms with Crippen LogP contribution in [0.3, 0.4) is 0 Å². The van der Waals surface area contributed by atoms with Crippen LogP contribution in [0.4, 0.5) is 5.69 Å². The molecule has 1 rings (SSSR count). The fourth-order valence-electron chi connectivity index (χ4n) is 1.38. The van der Waals surface area contributed by atoms with Crippen molar-refractivity contribution in [1.82, 2.24) is 5.32 Å². The molecule has 0 fully saturated rings. The third-order valence-electron chi connectivity index (χ3n) is 3.07. The van der Waals surface area contributed by atoms with Gasteiger partial charge in [0.15, 0.2) is 5.11 Å². The number of nitrogens with one attached hydrogen (secondary N) is 2. The summed E-state index contributed by atoms with van der Waals surface area (Å²) in [6.07, 6.45) is 0. The highest BCUT2D eigenvalue weighted by atomic mass is 32.1. The summed E-state index contributed by atoms with van der Waals surface area (Å²) in [4.78, 5) is 0. The van der Waals surface area contributed by atoms with E-state index in [1.54, 1.807) is 0 Å². The zero-order valence-electron chi connectivity index (χ0n) is 12.4. The van der Waals surface area contributed by atoms with Crippen LogP contribution in [0.25, 0.3) is 0 Å². The molecule has 0 aliphatic carbocycles. The van der Waals surface area contributed by atoms with Crippen LogP contribution in [0.1, 0.15) is 34.6 Å². The predicted octanol–water partition coefficient (Wildman–Crippen LogP) is 3.81. The average Bonchev–Trinajstić information content (AvgIpc) is 2.30. The van der Waals surface area contributed by atoms with Gasteiger partial charge in [0, 0.05) is 11.7 Å². The van der Waals surface area contributed by atoms with Gasteiger partial charge in [-0.05, 0) is 55.7 Å². The first-order chi connectivity index (χ1) is 8.82. The molecule has 0 saturated heterocycles. The van der Waals surface area contributed by atoms with E-state index in [1.807, 2.05) is 31.2 Å². The molecule has 0 spiro atoms. The van der Waals surface area contributed by atoms with Crippen molar-refractivity contribution < 1.29 is 4.74 Å². The van der Waals surface area contributed by atoms with Crippen molar-refractivity contribution in [2.45, 2.75) is 40.7 Å². The smallest absolute Gasteiger partial charge is 0.171 e. The number of ether oxygens (including phenoxy) is 1. The Morgan fingerprint density at radius 2 is 1.84 bits per heavy atom. The van der Waals surface area contributed by atoms with Crippen LogP contribution in [0.2, 0.25) is 0 Å². The standard InChI is InChI=1S/C15H24N2OS/c1-6-18-13-9-7-12(8-10-13)17-14(19)16-11(2)15(3,4)5/h7-11H,6H2,1-5H3,(H2,16,17,19). The van der Waals surface area contributed by atoms with E-state index >= 15 is 0 Å². The highest BCUT2D eigenvalue weighted by molar-refractivity contribution is 7.80. The van der Waals surface area contributed by atoms with E-state index in [4.69, 9.17) is 17.0 Å². The van der Waals surface area contributed by atoms with Crippen LogP contribution in [0.15, 0.2) is 24.3 Å². The van der Waals surface area contributed by atoms with Gasteiger partial charge in [-0.1, -0.05) is 20.8 Å². The Balaban J connectivity index is 2.53. The van der Waals surface area contributed by atoms with E-state index in [0.29, 0.717) is 17.8 Å². The summed E-state index contributed by atoms with van der Waals surface area (Å²) in [5, 5.41) is 7.12. The van der Waals surface area contributed by atoms with E-state index < -0.39 is 0 Å². The molecule has 0 amide bonds. The summed E-state index contributed by atoms with van der Waals surface area (Å²) in [5.41, 5.74) is 1.13. The third kappa shape index (κ3) is 5.47. The summed E-state index contributed by atoms with van der Waals surface area (Å²) < 4.78 is 5.40. The number of thiocarbonyl (C=S) groups is 1. The highest BCUT2D eigenvalue weighted by Crippen LogP contribution is 2.19. The maximum absolute atomic E-state index is 5.40. The second kappa shape index (κ2) is 6.75. The molecular weight excluding hydrogens is 256 g/mol. The molecule has 2 N–H and O–H groups in total. The second-order valence-corrected chi connectivity index (χ2v) is 6.05. The Morgan fingerprint density at radius 3 is 2.32 bits per heavy atom. The topological polar surface area (TPSA) is 33.3 Å². The minimum absolute atomic E-state index is 0.171. The molecule has 1 unspecified atom stereocenters. The van der Waals surface area contributed by atoms with Crippen molar-refractivity contribution in [3.05, 3.63) is 24.3 Å². The zero-order valence-corrected chi connectivity index (χ0v) is 13.2. The van der Waals surface area contributed by atoms with Crippen LogP contribution < -0.4 is 15.4 Å². The van der Waals surface area contributed by atoms with Crippen molar-refractivity contribution in [1.29, 1.82) is 0 Å². The van der Waals surface area contributed by atoms with Crippen LogP contribution in [-0.4, -0.2) is 17.8 Å². The van der Waals surface area contributed by atoms with Crippen molar-refractivity contribution >= 4 is 23.0 Å². The summed E-state index contributed by atoms with van der Waals surface area (Å²) in [7, 11) is 0. The Morgan fingerprint density at radius 1 is 1.26 bits per heavy atom. The van der Waals surface area contributed by atoms with Crippen molar-refractivity contribution in [2.75, 3.05) is 11.9 Å². The zero-order chi connectivity index (χ0) is 14.5. The first-order valence-electron chi connectivity index (χ1n) is 6.63. The van der Waals surface area contributed by atoms with Crippen molar-refractivity contribution in [3.63, 3.8) is 0 Å². The Kier molecular flexibility index (Phi) is 5.60. The molecule has 106 valence electrons. The normalized spacial score (nSPS) is 12.7. The first-order valence-corrected chi connectivity index (χ1v) is 7.04. The summed E-state index contributed by atoms with van der Waals surface area (Å²) in [6, 6.07) is 8.08. The number of hydrogen-bond donors (Lipinski definition) is 2. The number of hydrogen-bond acceptors (Lipinski definition) is 2. The van der Waals surface area contributed by atoms with Gasteiger partial charge in [-0.3, -0.25) is 0 Å². The Labute approximate surface area is 121 Å². The van der Waals surface area contributed by atoms with Crippen LogP contribution in [0.5, 0.6) is 5.75 Å². The monoisotopic (exact) mass is 280 g/mol. The molecule has 0 saturated carbocycles. The van der Waals surface area contributed by atoms with Gasteiger partial charge in [0.05, 0.1) is 6.61 Å². The molecule has 1 atom stereocenters. The molecule has 1 aromatic carbocycles. The highest BCUT2D eigenvalue weighted by Gasteiger charge is 2.20. The average molecular weight is 280 g/mol. The maximum Gasteiger partial charge on any atom is 0.171 e. The van der Waals surface area contributed by atoms with Gasteiger partial charge in [-0.15, -0.1) is 0 Å². The van der Waals surface area contributed by atoms with Gasteiger partial charge in [0.25, 0.3) is 0 Å². The second-order valence-electron chi connectivity index (χ2n) is 5.64. The fourth-order valence-corrected chi connectivity index (χ4v) is 1.68. The fraction of sp³-hybridized carbons (Fsp3) is 0.533. The molecular formula is C15H24N2OS. The van der Waals surface area contributed by atoms with Gasteiger partial charge in [-0.2, -0.15) is 0 Å². The lowest BCUT2D eigenvalue weighted by atomic mass is 9.88. The molecule has 0 aliphatic heterocycles. The van der Waals surface area contributed by atoms with Crippen LogP contribution >= 0.6 is 12.2 Å². The van der Waals surface area contributed by atoms with E-state index in [9.17, 15) is 0 Å². The molecule has 19 heavy (non-hydrogen) atoms. The largest absolute Gasteiger partial charge is 0.494 e. The van der Waals surface area contributed by atoms with E-state index in [2.05, 4.69) is 38.3 Å². The number of rotatable bonds is 4. The minimum atomic E-state index is 0.171. The lowest BCUT2D eigenvalue weighted by Gasteiger charge is -2.29. The van der Waals surface area contributed by atoms with Crippen molar-refractivity contribution in [3.8, 4) is 5.75 Å². The van der Waals surface area contributed by atoms with Gasteiger partial charge >= 0.3 is 0 Å². The van der Waals surface area contributed by atoms with Crippen LogP contribution in [-0.2, 0) is 0 Å². The van der Waals surface area contributed by atoms with E-state index in [0.717, 1.165) is 11.4 Å². The molecule has 3 nitrogen and oxygen atoms in total. The van der Waals surface area contributed by atoms with E-state index in [-0.39, 0.29) is 5.41 Å². The van der Waals surface area contributed by atoms with Crippen molar-refractivity contribution in [2.24, 2.45) is 5.41 Å². The third-order valence-corrected chi connectivity index (χ3v) is 3.29. The Hall–Kier alpha value is -1.29. The minimum Gasteiger partial charge on any atom is -0.494 e. The predicted molar refractivity (Wildman–Crippen MR) is 85.9 cm³/mol. The summed E-state index contributed by atoms with van der Waals surface area (Å²) in [5.74, 6) is 0.870. The van der Waals surface area contributed by atoms with Gasteiger partial charge in [0.1, 0.15) is 5.75 Å². The Bertz CT molecular complexity index is 409. The summed E-state index contributed by atoms with van der Waals surface area (Å²) in [6.45, 7) is 11.3. The lowest BCUT2D eigenvalue weighted by Crippen LogP contribution is -2.43. The molecule has 0 radical (unpaired) electrons. The summed E-state index contributed by atoms with van der Waals surface area (Å²) >= 11 is 5.31. The van der Waals surface area contributed by atoms with Crippen LogP contribution in [0, 0.1) is 5.41 Å². The molecule has 0 aromatic heterocycles.